The average molecular weight is 227 g/mol. The summed E-state index contributed by atoms with van der Waals surface area (Å²) in [6.07, 6.45) is 1.93. The molecule has 2 rings (SSSR count). The van der Waals surface area contributed by atoms with Gasteiger partial charge in [0.25, 0.3) is 0 Å². The van der Waals surface area contributed by atoms with E-state index in [4.69, 9.17) is 16.3 Å². The van der Waals surface area contributed by atoms with Gasteiger partial charge >= 0.3 is 0 Å². The number of hydrogen-bond acceptors (Lipinski definition) is 3. The zero-order chi connectivity index (χ0) is 10.7. The molecule has 1 saturated heterocycles. The number of alkyl halides is 1. The van der Waals surface area contributed by atoms with Gasteiger partial charge < -0.3 is 9.64 Å². The lowest BCUT2D eigenvalue weighted by molar-refractivity contribution is 0.0361. The number of ether oxygens (including phenoxy) is 1. The van der Waals surface area contributed by atoms with Crippen molar-refractivity contribution in [3.05, 3.63) is 24.4 Å². The Kier molecular flexibility index (Phi) is 3.44. The Balaban J connectivity index is 2.13. The fraction of sp³-hybridized carbons (Fsp3) is 0.545. The van der Waals surface area contributed by atoms with Crippen LogP contribution in [0.1, 0.15) is 6.92 Å². The monoisotopic (exact) mass is 226 g/mol. The smallest absolute Gasteiger partial charge is 0.128 e. The van der Waals surface area contributed by atoms with Crippen LogP contribution in [0, 0.1) is 0 Å². The van der Waals surface area contributed by atoms with Crippen LogP contribution in [-0.2, 0) is 4.74 Å². The lowest BCUT2D eigenvalue weighted by atomic mass is 10.2. The van der Waals surface area contributed by atoms with Gasteiger partial charge in [-0.15, -0.1) is 11.6 Å². The summed E-state index contributed by atoms with van der Waals surface area (Å²) in [6, 6.07) is 6.31. The Bertz CT molecular complexity index is 307. The first-order chi connectivity index (χ1) is 7.31. The molecule has 1 aliphatic heterocycles. The van der Waals surface area contributed by atoms with E-state index in [-0.39, 0.29) is 6.10 Å². The van der Waals surface area contributed by atoms with Crippen molar-refractivity contribution in [1.29, 1.82) is 0 Å². The second-order valence-corrected chi connectivity index (χ2v) is 4.11. The Morgan fingerprint density at radius 2 is 2.47 bits per heavy atom. The molecule has 0 saturated carbocycles. The van der Waals surface area contributed by atoms with Crippen molar-refractivity contribution in [3.63, 3.8) is 0 Å². The number of anilines is 1. The maximum atomic E-state index is 5.81. The van der Waals surface area contributed by atoms with Gasteiger partial charge in [-0.2, -0.15) is 0 Å². The molecule has 3 nitrogen and oxygen atoms in total. The average Bonchev–Trinajstić information content (AvgIpc) is 2.31. The van der Waals surface area contributed by atoms with Gasteiger partial charge in [-0.25, -0.2) is 4.98 Å². The van der Waals surface area contributed by atoms with Gasteiger partial charge in [-0.3, -0.25) is 0 Å². The van der Waals surface area contributed by atoms with E-state index in [0.29, 0.717) is 18.5 Å². The zero-order valence-corrected chi connectivity index (χ0v) is 9.52. The summed E-state index contributed by atoms with van der Waals surface area (Å²) in [5, 5.41) is 0. The zero-order valence-electron chi connectivity index (χ0n) is 8.77. The number of aromatic nitrogens is 1. The summed E-state index contributed by atoms with van der Waals surface area (Å²) in [7, 11) is 0. The lowest BCUT2D eigenvalue weighted by Gasteiger charge is -2.38. The van der Waals surface area contributed by atoms with Gasteiger partial charge in [0.15, 0.2) is 0 Å². The third-order valence-corrected chi connectivity index (χ3v) is 2.97. The van der Waals surface area contributed by atoms with Crippen LogP contribution in [0.5, 0.6) is 0 Å². The SMILES string of the molecule is CC1COC(CCl)CN1c1ccccn1. The first-order valence-electron chi connectivity index (χ1n) is 5.16. The number of hydrogen-bond donors (Lipinski definition) is 0. The van der Waals surface area contributed by atoms with Crippen LogP contribution in [0.25, 0.3) is 0 Å². The molecule has 2 atom stereocenters. The second-order valence-electron chi connectivity index (χ2n) is 3.80. The van der Waals surface area contributed by atoms with Crippen molar-refractivity contribution in [2.24, 2.45) is 0 Å². The van der Waals surface area contributed by atoms with Gasteiger partial charge in [0.05, 0.1) is 24.6 Å². The molecule has 1 fully saturated rings. The van der Waals surface area contributed by atoms with E-state index in [2.05, 4.69) is 16.8 Å². The fourth-order valence-corrected chi connectivity index (χ4v) is 1.94. The number of rotatable bonds is 2. The molecule has 0 bridgehead atoms. The van der Waals surface area contributed by atoms with Crippen LogP contribution >= 0.6 is 11.6 Å². The van der Waals surface area contributed by atoms with Crippen molar-refractivity contribution in [3.8, 4) is 0 Å². The van der Waals surface area contributed by atoms with Crippen LogP contribution in [0.2, 0.25) is 0 Å². The summed E-state index contributed by atoms with van der Waals surface area (Å²) in [5.74, 6) is 1.54. The molecule has 1 aromatic heterocycles. The van der Waals surface area contributed by atoms with E-state index in [0.717, 1.165) is 12.4 Å². The van der Waals surface area contributed by atoms with Crippen LogP contribution < -0.4 is 4.90 Å². The number of nitrogens with zero attached hydrogens (tertiary/aromatic N) is 2. The standard InChI is InChI=1S/C11H15ClN2O/c1-9-8-15-10(6-12)7-14(9)11-4-2-3-5-13-11/h2-5,9-10H,6-8H2,1H3. The molecule has 1 aliphatic rings. The Morgan fingerprint density at radius 3 is 3.13 bits per heavy atom. The fourth-order valence-electron chi connectivity index (χ4n) is 1.75. The summed E-state index contributed by atoms with van der Waals surface area (Å²) in [6.45, 7) is 3.68. The molecule has 0 spiro atoms. The molecule has 1 aromatic rings. The Labute approximate surface area is 95.0 Å². The Hall–Kier alpha value is -0.800. The molecule has 2 unspecified atom stereocenters. The second kappa shape index (κ2) is 4.81. The molecule has 2 heterocycles. The first-order valence-corrected chi connectivity index (χ1v) is 5.70. The van der Waals surface area contributed by atoms with Crippen molar-refractivity contribution < 1.29 is 4.74 Å². The molecule has 4 heteroatoms. The van der Waals surface area contributed by atoms with Crippen LogP contribution in [-0.4, -0.2) is 36.2 Å². The Morgan fingerprint density at radius 1 is 1.60 bits per heavy atom. The molecule has 0 aliphatic carbocycles. The molecule has 0 aromatic carbocycles. The van der Waals surface area contributed by atoms with Crippen molar-refractivity contribution in [2.75, 3.05) is 23.9 Å². The highest BCUT2D eigenvalue weighted by molar-refractivity contribution is 6.18. The third kappa shape index (κ3) is 2.41. The summed E-state index contributed by atoms with van der Waals surface area (Å²) in [5.41, 5.74) is 0. The number of pyridine rings is 1. The van der Waals surface area contributed by atoms with Crippen molar-refractivity contribution in [1.82, 2.24) is 4.98 Å². The predicted molar refractivity (Wildman–Crippen MR) is 61.5 cm³/mol. The van der Waals surface area contributed by atoms with Crippen molar-refractivity contribution >= 4 is 17.4 Å². The molecule has 82 valence electrons. The largest absolute Gasteiger partial charge is 0.373 e. The maximum absolute atomic E-state index is 5.81. The summed E-state index contributed by atoms with van der Waals surface area (Å²) >= 11 is 5.81. The van der Waals surface area contributed by atoms with E-state index in [1.807, 2.05) is 24.4 Å². The normalized spacial score (nSPS) is 26.7. The van der Waals surface area contributed by atoms with Crippen LogP contribution in [0.4, 0.5) is 5.82 Å². The lowest BCUT2D eigenvalue weighted by Crippen LogP contribution is -2.49. The number of halogens is 1. The van der Waals surface area contributed by atoms with Gasteiger partial charge in [0, 0.05) is 12.7 Å². The quantitative estimate of drug-likeness (QED) is 0.721. The van der Waals surface area contributed by atoms with E-state index in [1.54, 1.807) is 0 Å². The first kappa shape index (κ1) is 10.7. The van der Waals surface area contributed by atoms with Crippen molar-refractivity contribution in [2.45, 2.75) is 19.1 Å². The minimum atomic E-state index is 0.116. The molecule has 0 radical (unpaired) electrons. The molecule has 0 N–H and O–H groups in total. The highest BCUT2D eigenvalue weighted by atomic mass is 35.5. The van der Waals surface area contributed by atoms with E-state index in [1.165, 1.54) is 0 Å². The molecular formula is C11H15ClN2O. The van der Waals surface area contributed by atoms with E-state index in [9.17, 15) is 0 Å². The third-order valence-electron chi connectivity index (χ3n) is 2.62. The molecule has 0 amide bonds. The van der Waals surface area contributed by atoms with Crippen LogP contribution in [0.3, 0.4) is 0 Å². The molecular weight excluding hydrogens is 212 g/mol. The maximum Gasteiger partial charge on any atom is 0.128 e. The topological polar surface area (TPSA) is 25.4 Å². The van der Waals surface area contributed by atoms with Gasteiger partial charge in [-0.1, -0.05) is 6.07 Å². The van der Waals surface area contributed by atoms with Crippen LogP contribution in [0.15, 0.2) is 24.4 Å². The summed E-state index contributed by atoms with van der Waals surface area (Å²) < 4.78 is 5.59. The van der Waals surface area contributed by atoms with E-state index >= 15 is 0 Å². The number of morpholine rings is 1. The highest BCUT2D eigenvalue weighted by Crippen LogP contribution is 2.19. The molecule has 15 heavy (non-hydrogen) atoms. The minimum Gasteiger partial charge on any atom is -0.373 e. The predicted octanol–water partition coefficient (Wildman–Crippen LogP) is 1.91. The highest BCUT2D eigenvalue weighted by Gasteiger charge is 2.26. The van der Waals surface area contributed by atoms with Gasteiger partial charge in [0.1, 0.15) is 5.82 Å². The van der Waals surface area contributed by atoms with Gasteiger partial charge in [-0.05, 0) is 19.1 Å². The summed E-state index contributed by atoms with van der Waals surface area (Å²) in [4.78, 5) is 6.60. The van der Waals surface area contributed by atoms with Gasteiger partial charge in [0.2, 0.25) is 0 Å². The van der Waals surface area contributed by atoms with E-state index < -0.39 is 0 Å². The minimum absolute atomic E-state index is 0.116.